The average molecular weight is 272 g/mol. The summed E-state index contributed by atoms with van der Waals surface area (Å²) < 4.78 is 4.42. The zero-order valence-electron chi connectivity index (χ0n) is 11.3. The molecule has 0 radical (unpaired) electrons. The predicted molar refractivity (Wildman–Crippen MR) is 66.6 cm³/mol. The van der Waals surface area contributed by atoms with E-state index in [0.29, 0.717) is 32.4 Å². The van der Waals surface area contributed by atoms with Crippen LogP contribution in [0.1, 0.15) is 26.2 Å². The Bertz CT molecular complexity index is 361. The maximum Gasteiger partial charge on any atom is 0.325 e. The molecule has 0 atom stereocenters. The third kappa shape index (κ3) is 3.59. The topological polar surface area (TPSA) is 95.9 Å². The molecule has 7 heteroatoms. The van der Waals surface area contributed by atoms with E-state index < -0.39 is 17.4 Å². The number of esters is 1. The molecular formula is C12H20N2O5. The number of amides is 2. The molecule has 7 nitrogen and oxygen atoms in total. The van der Waals surface area contributed by atoms with Crippen LogP contribution >= 0.6 is 0 Å². The second-order valence-electron chi connectivity index (χ2n) is 4.66. The molecule has 2 amide bonds. The van der Waals surface area contributed by atoms with E-state index in [1.807, 2.05) is 6.92 Å². The molecule has 0 aromatic rings. The van der Waals surface area contributed by atoms with Gasteiger partial charge in [-0.25, -0.2) is 4.79 Å². The highest BCUT2D eigenvalue weighted by Crippen LogP contribution is 2.35. The first-order valence-electron chi connectivity index (χ1n) is 6.28. The number of hydrogen-bond donors (Lipinski definition) is 2. The number of carbonyl (C=O) groups is 3. The third-order valence-corrected chi connectivity index (χ3v) is 3.75. The first kappa shape index (κ1) is 15.3. The molecule has 108 valence electrons. The fraction of sp³-hybridized carbons (Fsp3) is 0.750. The van der Waals surface area contributed by atoms with Crippen molar-refractivity contribution in [2.75, 3.05) is 26.7 Å². The van der Waals surface area contributed by atoms with Gasteiger partial charge in [0.15, 0.2) is 0 Å². The van der Waals surface area contributed by atoms with Crippen molar-refractivity contribution in [3.8, 4) is 0 Å². The minimum absolute atomic E-state index is 0.177. The van der Waals surface area contributed by atoms with Crippen LogP contribution in [0.25, 0.3) is 0 Å². The van der Waals surface area contributed by atoms with Gasteiger partial charge in [-0.2, -0.15) is 0 Å². The van der Waals surface area contributed by atoms with E-state index in [-0.39, 0.29) is 12.6 Å². The second kappa shape index (κ2) is 6.40. The van der Waals surface area contributed by atoms with Crippen LogP contribution in [0.15, 0.2) is 0 Å². The fourth-order valence-corrected chi connectivity index (χ4v) is 2.19. The smallest absolute Gasteiger partial charge is 0.325 e. The number of nitrogens with zero attached hydrogens (tertiary/aromatic N) is 1. The Labute approximate surface area is 111 Å². The second-order valence-corrected chi connectivity index (χ2v) is 4.66. The molecule has 0 aliphatic carbocycles. The molecule has 1 rings (SSSR count). The van der Waals surface area contributed by atoms with Gasteiger partial charge in [0.2, 0.25) is 0 Å². The minimum Gasteiger partial charge on any atom is -0.481 e. The Morgan fingerprint density at radius 3 is 2.32 bits per heavy atom. The molecule has 0 aromatic carbocycles. The van der Waals surface area contributed by atoms with Gasteiger partial charge in [-0.3, -0.25) is 9.59 Å². The Morgan fingerprint density at radius 1 is 1.32 bits per heavy atom. The van der Waals surface area contributed by atoms with Crippen LogP contribution in [0.4, 0.5) is 4.79 Å². The highest BCUT2D eigenvalue weighted by Gasteiger charge is 2.40. The van der Waals surface area contributed by atoms with E-state index in [2.05, 4.69) is 10.1 Å². The summed E-state index contributed by atoms with van der Waals surface area (Å²) in [6.07, 6.45) is 1.43. The van der Waals surface area contributed by atoms with E-state index in [1.165, 1.54) is 12.0 Å². The number of nitrogens with one attached hydrogen (secondary N) is 1. The molecule has 19 heavy (non-hydrogen) atoms. The zero-order valence-corrected chi connectivity index (χ0v) is 11.3. The van der Waals surface area contributed by atoms with Crippen molar-refractivity contribution < 1.29 is 24.2 Å². The number of likely N-dealkylation sites (tertiary alicyclic amines) is 1. The Balaban J connectivity index is 2.47. The van der Waals surface area contributed by atoms with Crippen LogP contribution in [-0.2, 0) is 14.3 Å². The molecular weight excluding hydrogens is 252 g/mol. The maximum absolute atomic E-state index is 11.7. The van der Waals surface area contributed by atoms with Crippen LogP contribution in [0, 0.1) is 5.41 Å². The normalized spacial score (nSPS) is 17.7. The quantitative estimate of drug-likeness (QED) is 0.724. The molecule has 2 N–H and O–H groups in total. The fourth-order valence-electron chi connectivity index (χ4n) is 2.19. The van der Waals surface area contributed by atoms with Crippen molar-refractivity contribution in [3.05, 3.63) is 0 Å². The SMILES string of the molecule is CCC1(C(=O)O)CCN(C(=O)NCC(=O)OC)CC1. The van der Waals surface area contributed by atoms with Gasteiger partial charge in [-0.05, 0) is 19.3 Å². The highest BCUT2D eigenvalue weighted by molar-refractivity contribution is 5.81. The number of methoxy groups -OCH3 is 1. The van der Waals surface area contributed by atoms with Crippen molar-refractivity contribution >= 4 is 18.0 Å². The summed E-state index contributed by atoms with van der Waals surface area (Å²) in [4.78, 5) is 35.4. The number of carboxylic acids is 1. The maximum atomic E-state index is 11.7. The summed E-state index contributed by atoms with van der Waals surface area (Å²) in [5, 5.41) is 11.7. The number of ether oxygens (including phenoxy) is 1. The van der Waals surface area contributed by atoms with Crippen molar-refractivity contribution in [1.82, 2.24) is 10.2 Å². The van der Waals surface area contributed by atoms with Gasteiger partial charge >= 0.3 is 18.0 Å². The van der Waals surface area contributed by atoms with E-state index in [1.54, 1.807) is 0 Å². The van der Waals surface area contributed by atoms with Gasteiger partial charge < -0.3 is 20.1 Å². The van der Waals surface area contributed by atoms with Crippen LogP contribution < -0.4 is 5.32 Å². The monoisotopic (exact) mass is 272 g/mol. The summed E-state index contributed by atoms with van der Waals surface area (Å²) in [7, 11) is 1.25. The molecule has 0 aromatic heterocycles. The molecule has 0 saturated carbocycles. The largest absolute Gasteiger partial charge is 0.481 e. The van der Waals surface area contributed by atoms with E-state index in [0.717, 1.165) is 0 Å². The first-order chi connectivity index (χ1) is 8.95. The van der Waals surface area contributed by atoms with E-state index in [9.17, 15) is 19.5 Å². The van der Waals surface area contributed by atoms with Crippen LogP contribution in [-0.4, -0.2) is 54.7 Å². The predicted octanol–water partition coefficient (Wildman–Crippen LogP) is 0.446. The van der Waals surface area contributed by atoms with Gasteiger partial charge in [-0.1, -0.05) is 6.92 Å². The Morgan fingerprint density at radius 2 is 1.89 bits per heavy atom. The molecule has 1 heterocycles. The molecule has 1 fully saturated rings. The first-order valence-corrected chi connectivity index (χ1v) is 6.28. The standard InChI is InChI=1S/C12H20N2O5/c1-3-12(10(16)17)4-6-14(7-5-12)11(18)13-8-9(15)19-2/h3-8H2,1-2H3,(H,13,18)(H,16,17). The summed E-state index contributed by atoms with van der Waals surface area (Å²) in [6.45, 7) is 2.44. The molecule has 1 aliphatic rings. The number of carbonyl (C=O) groups excluding carboxylic acids is 2. The summed E-state index contributed by atoms with van der Waals surface area (Å²) in [5.74, 6) is -1.32. The number of rotatable bonds is 4. The number of hydrogen-bond acceptors (Lipinski definition) is 4. The molecule has 0 bridgehead atoms. The Kier molecular flexibility index (Phi) is 5.14. The van der Waals surface area contributed by atoms with Gasteiger partial charge in [0.1, 0.15) is 6.54 Å². The van der Waals surface area contributed by atoms with Crippen LogP contribution in [0.2, 0.25) is 0 Å². The van der Waals surface area contributed by atoms with Crippen LogP contribution in [0.5, 0.6) is 0 Å². The van der Waals surface area contributed by atoms with E-state index >= 15 is 0 Å². The van der Waals surface area contributed by atoms with Crippen molar-refractivity contribution in [2.45, 2.75) is 26.2 Å². The summed E-state index contributed by atoms with van der Waals surface area (Å²) in [5.41, 5.74) is -0.723. The lowest BCUT2D eigenvalue weighted by molar-refractivity contribution is -0.151. The van der Waals surface area contributed by atoms with Crippen LogP contribution in [0.3, 0.4) is 0 Å². The summed E-state index contributed by atoms with van der Waals surface area (Å²) >= 11 is 0. The molecule has 0 unspecified atom stereocenters. The lowest BCUT2D eigenvalue weighted by Gasteiger charge is -2.38. The van der Waals surface area contributed by atoms with Crippen molar-refractivity contribution in [2.24, 2.45) is 5.41 Å². The average Bonchev–Trinajstić information content (AvgIpc) is 2.44. The Hall–Kier alpha value is -1.79. The number of aliphatic carboxylic acids is 1. The zero-order chi connectivity index (χ0) is 14.5. The lowest BCUT2D eigenvalue weighted by atomic mass is 9.76. The van der Waals surface area contributed by atoms with E-state index in [4.69, 9.17) is 0 Å². The van der Waals surface area contributed by atoms with Crippen molar-refractivity contribution in [1.29, 1.82) is 0 Å². The summed E-state index contributed by atoms with van der Waals surface area (Å²) in [6, 6.07) is -0.361. The minimum atomic E-state index is -0.801. The third-order valence-electron chi connectivity index (χ3n) is 3.75. The number of piperidine rings is 1. The van der Waals surface area contributed by atoms with Gasteiger partial charge in [0.25, 0.3) is 0 Å². The molecule has 0 spiro atoms. The number of carboxylic acid groups (broad SMARTS) is 1. The lowest BCUT2D eigenvalue weighted by Crippen LogP contribution is -2.50. The van der Waals surface area contributed by atoms with Crippen molar-refractivity contribution in [3.63, 3.8) is 0 Å². The molecule has 1 saturated heterocycles. The molecule has 1 aliphatic heterocycles. The van der Waals surface area contributed by atoms with Gasteiger partial charge in [0, 0.05) is 13.1 Å². The van der Waals surface area contributed by atoms with Gasteiger partial charge in [-0.15, -0.1) is 0 Å². The van der Waals surface area contributed by atoms with Gasteiger partial charge in [0.05, 0.1) is 12.5 Å². The number of urea groups is 1. The highest BCUT2D eigenvalue weighted by atomic mass is 16.5.